The number of thiophene rings is 2. The van der Waals surface area contributed by atoms with E-state index in [9.17, 15) is 19.2 Å². The Kier molecular flexibility index (Phi) is 9.16. The van der Waals surface area contributed by atoms with Crippen molar-refractivity contribution in [1.29, 1.82) is 0 Å². The molecule has 0 saturated heterocycles. The number of anilines is 2. The molecule has 0 spiro atoms. The van der Waals surface area contributed by atoms with E-state index >= 15 is 0 Å². The van der Waals surface area contributed by atoms with Crippen LogP contribution in [0.25, 0.3) is 0 Å². The van der Waals surface area contributed by atoms with Gasteiger partial charge in [0.1, 0.15) is 9.75 Å². The van der Waals surface area contributed by atoms with Crippen LogP contribution in [0.3, 0.4) is 0 Å². The van der Waals surface area contributed by atoms with E-state index < -0.39 is 11.9 Å². The summed E-state index contributed by atoms with van der Waals surface area (Å²) >= 11 is 3.86. The summed E-state index contributed by atoms with van der Waals surface area (Å²) in [6, 6.07) is 3.30. The molecular weight excluding hydrogens is 436 g/mol. The Morgan fingerprint density at radius 2 is 1.24 bits per heavy atom. The Morgan fingerprint density at radius 1 is 0.828 bits per heavy atom. The Labute approximate surface area is 180 Å². The Bertz CT molecular complexity index is 806. The van der Waals surface area contributed by atoms with E-state index in [-0.39, 0.29) is 24.7 Å². The Hall–Kier alpha value is -2.37. The fourth-order valence-corrected chi connectivity index (χ4v) is 4.57. The molecule has 0 unspecified atom stereocenters. The highest BCUT2D eigenvalue weighted by atomic mass is 32.2. The molecule has 0 aliphatic rings. The number of rotatable bonds is 10. The van der Waals surface area contributed by atoms with Crippen molar-refractivity contribution in [3.63, 3.8) is 0 Å². The summed E-state index contributed by atoms with van der Waals surface area (Å²) < 4.78 is 9.34. The molecule has 8 nitrogen and oxygen atoms in total. The molecule has 11 heteroatoms. The van der Waals surface area contributed by atoms with Crippen molar-refractivity contribution < 1.29 is 28.7 Å². The second-order valence-electron chi connectivity index (χ2n) is 5.52. The molecule has 2 N–H and O–H groups in total. The molecule has 0 saturated carbocycles. The highest BCUT2D eigenvalue weighted by Gasteiger charge is 2.16. The van der Waals surface area contributed by atoms with E-state index in [0.717, 1.165) is 0 Å². The third kappa shape index (κ3) is 6.87. The van der Waals surface area contributed by atoms with Crippen molar-refractivity contribution >= 4 is 69.6 Å². The van der Waals surface area contributed by atoms with Crippen LogP contribution in [0.2, 0.25) is 0 Å². The van der Waals surface area contributed by atoms with Crippen LogP contribution in [0, 0.1) is 0 Å². The smallest absolute Gasteiger partial charge is 0.350 e. The maximum Gasteiger partial charge on any atom is 0.350 e. The minimum atomic E-state index is -0.489. The lowest BCUT2D eigenvalue weighted by atomic mass is 10.3. The van der Waals surface area contributed by atoms with Crippen molar-refractivity contribution in [2.24, 2.45) is 0 Å². The van der Waals surface area contributed by atoms with E-state index in [1.165, 1.54) is 48.7 Å². The van der Waals surface area contributed by atoms with E-state index in [1.54, 1.807) is 22.9 Å². The fraction of sp³-hybridized carbons (Fsp3) is 0.333. The van der Waals surface area contributed by atoms with Crippen LogP contribution in [-0.4, -0.2) is 49.5 Å². The van der Waals surface area contributed by atoms with Crippen LogP contribution in [-0.2, 0) is 19.1 Å². The molecule has 2 amide bonds. The number of hydrogen-bond donors (Lipinski definition) is 2. The lowest BCUT2D eigenvalue weighted by molar-refractivity contribution is -0.116. The molecule has 0 fully saturated rings. The number of hydrogen-bond acceptors (Lipinski definition) is 9. The lowest BCUT2D eigenvalue weighted by Gasteiger charge is -2.07. The van der Waals surface area contributed by atoms with Crippen molar-refractivity contribution in [2.75, 3.05) is 36.4 Å². The summed E-state index contributed by atoms with van der Waals surface area (Å²) in [6.07, 6.45) is 0.500. The maximum absolute atomic E-state index is 12.0. The number of ether oxygens (including phenoxy) is 2. The molecule has 2 rings (SSSR count). The molecule has 0 atom stereocenters. The van der Waals surface area contributed by atoms with Crippen molar-refractivity contribution in [1.82, 2.24) is 0 Å². The predicted molar refractivity (Wildman–Crippen MR) is 115 cm³/mol. The largest absolute Gasteiger partial charge is 0.465 e. The minimum Gasteiger partial charge on any atom is -0.465 e. The van der Waals surface area contributed by atoms with Crippen LogP contribution in [0.1, 0.15) is 32.2 Å². The fourth-order valence-electron chi connectivity index (χ4n) is 2.17. The highest BCUT2D eigenvalue weighted by Crippen LogP contribution is 2.24. The summed E-state index contributed by atoms with van der Waals surface area (Å²) in [5.41, 5.74) is 0.877. The second kappa shape index (κ2) is 11.6. The molecule has 2 heterocycles. The van der Waals surface area contributed by atoms with Gasteiger partial charge in [-0.05, 0) is 22.9 Å². The van der Waals surface area contributed by atoms with E-state index in [2.05, 4.69) is 20.1 Å². The molecule has 2 aromatic heterocycles. The zero-order valence-corrected chi connectivity index (χ0v) is 18.3. The summed E-state index contributed by atoms with van der Waals surface area (Å²) in [5, 5.41) is 8.79. The van der Waals surface area contributed by atoms with Crippen LogP contribution in [0.5, 0.6) is 0 Å². The zero-order chi connectivity index (χ0) is 21.2. The van der Waals surface area contributed by atoms with Gasteiger partial charge in [-0.15, -0.1) is 22.7 Å². The average Bonchev–Trinajstić information content (AvgIpc) is 3.36. The lowest BCUT2D eigenvalue weighted by Crippen LogP contribution is -2.15. The van der Waals surface area contributed by atoms with Gasteiger partial charge in [-0.25, -0.2) is 9.59 Å². The van der Waals surface area contributed by atoms with Crippen LogP contribution < -0.4 is 10.6 Å². The molecule has 2 aromatic rings. The molecule has 0 aliphatic carbocycles. The topological polar surface area (TPSA) is 111 Å². The molecule has 29 heavy (non-hydrogen) atoms. The standard InChI is InChI=1S/C18H20N2O6S3/c1-25-17(23)15-11(3-9-28-15)19-13(21)5-7-27-8-6-14(22)20-12-4-10-29-16(12)18(24)26-2/h3-4,9-10H,5-8H2,1-2H3,(H,19,21)(H,20,22). The third-order valence-corrected chi connectivity index (χ3v) is 6.34. The van der Waals surface area contributed by atoms with Gasteiger partial charge in [-0.3, -0.25) is 9.59 Å². The zero-order valence-electron chi connectivity index (χ0n) is 15.8. The molecule has 0 aromatic carbocycles. The van der Waals surface area contributed by atoms with Gasteiger partial charge in [-0.1, -0.05) is 0 Å². The van der Waals surface area contributed by atoms with Gasteiger partial charge in [0.05, 0.1) is 25.6 Å². The summed E-state index contributed by atoms with van der Waals surface area (Å²) in [5.74, 6) is -0.350. The van der Waals surface area contributed by atoms with Gasteiger partial charge < -0.3 is 20.1 Å². The van der Waals surface area contributed by atoms with Crippen molar-refractivity contribution in [3.05, 3.63) is 32.6 Å². The van der Waals surface area contributed by atoms with Crippen molar-refractivity contribution in [3.8, 4) is 0 Å². The number of nitrogens with one attached hydrogen (secondary N) is 2. The molecular formula is C18H20N2O6S3. The first-order chi connectivity index (χ1) is 14.0. The average molecular weight is 457 g/mol. The number of esters is 2. The highest BCUT2D eigenvalue weighted by molar-refractivity contribution is 7.99. The monoisotopic (exact) mass is 456 g/mol. The quantitative estimate of drug-likeness (QED) is 0.416. The molecule has 0 radical (unpaired) electrons. The number of thioether (sulfide) groups is 1. The van der Waals surface area contributed by atoms with Gasteiger partial charge in [0, 0.05) is 24.3 Å². The number of methoxy groups -OCH3 is 2. The van der Waals surface area contributed by atoms with Gasteiger partial charge in [0.15, 0.2) is 0 Å². The Morgan fingerprint density at radius 3 is 1.62 bits per heavy atom. The number of carbonyl (C=O) groups is 4. The molecule has 0 aliphatic heterocycles. The van der Waals surface area contributed by atoms with Gasteiger partial charge in [0.25, 0.3) is 0 Å². The van der Waals surface area contributed by atoms with Crippen LogP contribution >= 0.6 is 34.4 Å². The number of carbonyl (C=O) groups excluding carboxylic acids is 4. The predicted octanol–water partition coefficient (Wildman–Crippen LogP) is 3.47. The van der Waals surface area contributed by atoms with E-state index in [1.807, 2.05) is 0 Å². The summed E-state index contributed by atoms with van der Waals surface area (Å²) in [6.45, 7) is 0. The first-order valence-electron chi connectivity index (χ1n) is 8.45. The van der Waals surface area contributed by atoms with E-state index in [4.69, 9.17) is 0 Å². The van der Waals surface area contributed by atoms with Crippen molar-refractivity contribution in [2.45, 2.75) is 12.8 Å². The first kappa shape index (κ1) is 22.9. The van der Waals surface area contributed by atoms with E-state index in [0.29, 0.717) is 32.6 Å². The van der Waals surface area contributed by atoms with Crippen LogP contribution in [0.4, 0.5) is 11.4 Å². The Balaban J connectivity index is 1.67. The summed E-state index contributed by atoms with van der Waals surface area (Å²) in [4.78, 5) is 47.9. The van der Waals surface area contributed by atoms with Gasteiger partial charge in [0.2, 0.25) is 11.8 Å². The SMILES string of the molecule is COC(=O)c1sccc1NC(=O)CCSCCC(=O)Nc1ccsc1C(=O)OC. The number of amides is 2. The van der Waals surface area contributed by atoms with Gasteiger partial charge >= 0.3 is 11.9 Å². The molecule has 156 valence electrons. The third-order valence-electron chi connectivity index (χ3n) is 3.57. The normalized spacial score (nSPS) is 10.3. The molecule has 0 bridgehead atoms. The summed E-state index contributed by atoms with van der Waals surface area (Å²) in [7, 11) is 2.57. The second-order valence-corrected chi connectivity index (χ2v) is 8.58. The minimum absolute atomic E-state index is 0.216. The van der Waals surface area contributed by atoms with Crippen LogP contribution in [0.15, 0.2) is 22.9 Å². The first-order valence-corrected chi connectivity index (χ1v) is 11.4. The van der Waals surface area contributed by atoms with Gasteiger partial charge in [-0.2, -0.15) is 11.8 Å². The maximum atomic E-state index is 12.0.